The van der Waals surface area contributed by atoms with Gasteiger partial charge in [-0.25, -0.2) is 13.4 Å². The molecule has 136 valence electrons. The molecule has 1 N–H and O–H groups in total. The van der Waals surface area contributed by atoms with Crippen LogP contribution in [0.4, 0.5) is 5.69 Å². The van der Waals surface area contributed by atoms with Crippen LogP contribution in [0, 0.1) is 0 Å². The fourth-order valence-electron chi connectivity index (χ4n) is 2.75. The molecule has 0 amide bonds. The quantitative estimate of drug-likeness (QED) is 0.572. The number of benzene rings is 2. The third kappa shape index (κ3) is 3.50. The van der Waals surface area contributed by atoms with Gasteiger partial charge < -0.3 is 9.14 Å². The van der Waals surface area contributed by atoms with Crippen LogP contribution in [-0.4, -0.2) is 24.9 Å². The van der Waals surface area contributed by atoms with Crippen molar-refractivity contribution in [3.8, 4) is 17.0 Å². The first-order chi connectivity index (χ1) is 13.0. The Hall–Kier alpha value is -3.32. The number of hydrogen-bond donors (Lipinski definition) is 1. The number of sulfonamides is 1. The van der Waals surface area contributed by atoms with Gasteiger partial charge in [0.2, 0.25) is 0 Å². The van der Waals surface area contributed by atoms with Gasteiger partial charge in [-0.3, -0.25) is 4.72 Å². The topological polar surface area (TPSA) is 72.7 Å². The van der Waals surface area contributed by atoms with Crippen LogP contribution in [0.2, 0.25) is 0 Å². The van der Waals surface area contributed by atoms with E-state index < -0.39 is 10.0 Å². The Morgan fingerprint density at radius 2 is 1.70 bits per heavy atom. The highest BCUT2D eigenvalue weighted by Gasteiger charge is 2.14. The number of methoxy groups -OCH3 is 1. The van der Waals surface area contributed by atoms with Crippen LogP contribution in [0.25, 0.3) is 16.9 Å². The average Bonchev–Trinajstić information content (AvgIpc) is 3.12. The summed E-state index contributed by atoms with van der Waals surface area (Å²) in [6.45, 7) is 0. The number of pyridine rings is 1. The van der Waals surface area contributed by atoms with E-state index in [0.29, 0.717) is 11.4 Å². The molecule has 0 unspecified atom stereocenters. The first-order valence-electron chi connectivity index (χ1n) is 8.26. The second kappa shape index (κ2) is 6.77. The van der Waals surface area contributed by atoms with E-state index >= 15 is 0 Å². The molecule has 6 nitrogen and oxygen atoms in total. The zero-order valence-electron chi connectivity index (χ0n) is 14.5. The first kappa shape index (κ1) is 17.1. The van der Waals surface area contributed by atoms with E-state index in [1.165, 1.54) is 19.2 Å². The molecule has 0 bridgehead atoms. The molecule has 0 aliphatic carbocycles. The zero-order chi connectivity index (χ0) is 18.9. The van der Waals surface area contributed by atoms with Crippen molar-refractivity contribution in [2.75, 3.05) is 11.8 Å². The van der Waals surface area contributed by atoms with E-state index in [0.717, 1.165) is 16.9 Å². The molecule has 4 aromatic rings. The summed E-state index contributed by atoms with van der Waals surface area (Å²) in [5.74, 6) is 0.603. The van der Waals surface area contributed by atoms with Gasteiger partial charge in [-0.15, -0.1) is 0 Å². The summed E-state index contributed by atoms with van der Waals surface area (Å²) in [5.41, 5.74) is 3.08. The second-order valence-corrected chi connectivity index (χ2v) is 7.63. The van der Waals surface area contributed by atoms with Crippen LogP contribution >= 0.6 is 0 Å². The number of rotatable bonds is 5. The molecule has 4 rings (SSSR count). The lowest BCUT2D eigenvalue weighted by atomic mass is 10.1. The lowest BCUT2D eigenvalue weighted by molar-refractivity contribution is 0.414. The van der Waals surface area contributed by atoms with Crippen LogP contribution < -0.4 is 9.46 Å². The molecule has 2 aromatic carbocycles. The van der Waals surface area contributed by atoms with Crippen LogP contribution in [0.5, 0.6) is 5.75 Å². The van der Waals surface area contributed by atoms with Gasteiger partial charge in [0.1, 0.15) is 11.4 Å². The maximum absolute atomic E-state index is 12.5. The Kier molecular flexibility index (Phi) is 4.29. The number of imidazole rings is 1. The van der Waals surface area contributed by atoms with E-state index in [9.17, 15) is 8.42 Å². The van der Waals surface area contributed by atoms with E-state index in [4.69, 9.17) is 4.74 Å². The van der Waals surface area contributed by atoms with Crippen molar-refractivity contribution in [2.45, 2.75) is 4.90 Å². The number of nitrogens with one attached hydrogen (secondary N) is 1. The van der Waals surface area contributed by atoms with Crippen LogP contribution in [0.15, 0.2) is 84.0 Å². The molecule has 2 heterocycles. The molecule has 0 aliphatic heterocycles. The molecular formula is C20H17N3O3S. The van der Waals surface area contributed by atoms with Crippen molar-refractivity contribution in [3.05, 3.63) is 79.1 Å². The van der Waals surface area contributed by atoms with Crippen LogP contribution in [0.1, 0.15) is 0 Å². The highest BCUT2D eigenvalue weighted by atomic mass is 32.2. The third-order valence-electron chi connectivity index (χ3n) is 4.17. The summed E-state index contributed by atoms with van der Waals surface area (Å²) in [6, 6.07) is 19.2. The third-order valence-corrected chi connectivity index (χ3v) is 5.56. The Morgan fingerprint density at radius 1 is 0.963 bits per heavy atom. The lowest BCUT2D eigenvalue weighted by Crippen LogP contribution is -2.12. The molecule has 27 heavy (non-hydrogen) atoms. The largest absolute Gasteiger partial charge is 0.497 e. The average molecular weight is 379 g/mol. The van der Waals surface area contributed by atoms with Crippen molar-refractivity contribution in [2.24, 2.45) is 0 Å². The van der Waals surface area contributed by atoms with Gasteiger partial charge in [0, 0.05) is 23.6 Å². The fourth-order valence-corrected chi connectivity index (χ4v) is 3.81. The predicted octanol–water partition coefficient (Wildman–Crippen LogP) is 3.81. The summed E-state index contributed by atoms with van der Waals surface area (Å²) in [4.78, 5) is 4.74. The maximum Gasteiger partial charge on any atom is 0.261 e. The Labute approximate surface area is 157 Å². The molecule has 0 saturated carbocycles. The van der Waals surface area contributed by atoms with Crippen molar-refractivity contribution in [3.63, 3.8) is 0 Å². The molecule has 0 saturated heterocycles. The van der Waals surface area contributed by atoms with Crippen LogP contribution in [-0.2, 0) is 10.0 Å². The van der Waals surface area contributed by atoms with Gasteiger partial charge in [-0.05, 0) is 48.5 Å². The molecule has 2 aromatic heterocycles. The van der Waals surface area contributed by atoms with Gasteiger partial charge in [-0.2, -0.15) is 0 Å². The molecule has 0 radical (unpaired) electrons. The standard InChI is InChI=1S/C20H17N3O3S/c1-26-17-9-11-18(12-10-17)27(24,25)22-16-7-5-15(6-8-16)19-14-23-13-3-2-4-20(23)21-19/h2-14,22H,1H3. The van der Waals surface area contributed by atoms with E-state index in [-0.39, 0.29) is 4.90 Å². The minimum Gasteiger partial charge on any atom is -0.497 e. The molecule has 7 heteroatoms. The minimum absolute atomic E-state index is 0.174. The molecular weight excluding hydrogens is 362 g/mol. The van der Waals surface area contributed by atoms with Crippen molar-refractivity contribution in [1.82, 2.24) is 9.38 Å². The SMILES string of the molecule is COc1ccc(S(=O)(=O)Nc2ccc(-c3cn4ccccc4n3)cc2)cc1. The van der Waals surface area contributed by atoms with E-state index in [2.05, 4.69) is 9.71 Å². The number of hydrogen-bond acceptors (Lipinski definition) is 4. The summed E-state index contributed by atoms with van der Waals surface area (Å²) in [7, 11) is -2.13. The molecule has 0 aliphatic rings. The fraction of sp³-hybridized carbons (Fsp3) is 0.0500. The van der Waals surface area contributed by atoms with Gasteiger partial charge in [0.05, 0.1) is 17.7 Å². The monoisotopic (exact) mass is 379 g/mol. The van der Waals surface area contributed by atoms with Crippen molar-refractivity contribution < 1.29 is 13.2 Å². The number of fused-ring (bicyclic) bond motifs is 1. The normalized spacial score (nSPS) is 11.4. The van der Waals surface area contributed by atoms with Gasteiger partial charge in [0.25, 0.3) is 10.0 Å². The molecule has 0 atom stereocenters. The smallest absolute Gasteiger partial charge is 0.261 e. The zero-order valence-corrected chi connectivity index (χ0v) is 15.3. The first-order valence-corrected chi connectivity index (χ1v) is 9.74. The molecule has 0 spiro atoms. The summed E-state index contributed by atoms with van der Waals surface area (Å²) in [5, 5.41) is 0. The lowest BCUT2D eigenvalue weighted by Gasteiger charge is -2.09. The summed E-state index contributed by atoms with van der Waals surface area (Å²) in [6.07, 6.45) is 3.87. The summed E-state index contributed by atoms with van der Waals surface area (Å²) < 4.78 is 34.6. The predicted molar refractivity (Wildman–Crippen MR) is 104 cm³/mol. The van der Waals surface area contributed by atoms with Gasteiger partial charge in [0.15, 0.2) is 0 Å². The van der Waals surface area contributed by atoms with Crippen molar-refractivity contribution >= 4 is 21.4 Å². The Morgan fingerprint density at radius 3 is 2.37 bits per heavy atom. The minimum atomic E-state index is -3.66. The van der Waals surface area contributed by atoms with Crippen LogP contribution in [0.3, 0.4) is 0 Å². The Bertz CT molecular complexity index is 1150. The maximum atomic E-state index is 12.5. The summed E-state index contributed by atoms with van der Waals surface area (Å²) >= 11 is 0. The highest BCUT2D eigenvalue weighted by Crippen LogP contribution is 2.23. The number of nitrogens with zero attached hydrogens (tertiary/aromatic N) is 2. The van der Waals surface area contributed by atoms with Crippen molar-refractivity contribution in [1.29, 1.82) is 0 Å². The van der Waals surface area contributed by atoms with Gasteiger partial charge in [-0.1, -0.05) is 18.2 Å². The number of anilines is 1. The Balaban J connectivity index is 1.56. The number of aromatic nitrogens is 2. The van der Waals surface area contributed by atoms with E-state index in [1.807, 2.05) is 47.1 Å². The highest BCUT2D eigenvalue weighted by molar-refractivity contribution is 7.92. The van der Waals surface area contributed by atoms with E-state index in [1.54, 1.807) is 24.3 Å². The van der Waals surface area contributed by atoms with Gasteiger partial charge >= 0.3 is 0 Å². The second-order valence-electron chi connectivity index (χ2n) is 5.95. The molecule has 0 fully saturated rings. The number of ether oxygens (including phenoxy) is 1.